The molecule has 0 aliphatic heterocycles. The number of nitrogens with two attached hydrogens (primary N) is 1. The van der Waals surface area contributed by atoms with Gasteiger partial charge in [0.15, 0.2) is 0 Å². The lowest BCUT2D eigenvalue weighted by atomic mass is 10.1. The Kier molecular flexibility index (Phi) is 5.74. The second-order valence-electron chi connectivity index (χ2n) is 4.65. The van der Waals surface area contributed by atoms with E-state index in [-0.39, 0.29) is 18.0 Å². The number of hydrogen-bond acceptors (Lipinski definition) is 7. The van der Waals surface area contributed by atoms with Crippen LogP contribution in [0.25, 0.3) is 0 Å². The van der Waals surface area contributed by atoms with Crippen LogP contribution >= 0.6 is 11.3 Å². The van der Waals surface area contributed by atoms with Gasteiger partial charge in [0.2, 0.25) is 11.9 Å². The number of nitrogen functional groups attached to an aromatic ring is 1. The fraction of sp³-hybridized carbons (Fsp3) is 0.500. The average Bonchev–Trinajstić information content (AvgIpc) is 2.98. The molecule has 2 aromatic heterocycles. The summed E-state index contributed by atoms with van der Waals surface area (Å²) in [5.41, 5.74) is 5.72. The maximum absolute atomic E-state index is 5.72. The Morgan fingerprint density at radius 2 is 2.14 bits per heavy atom. The molecule has 0 fully saturated rings. The van der Waals surface area contributed by atoms with Gasteiger partial charge in [0.05, 0.1) is 12.6 Å². The molecule has 0 saturated heterocycles. The van der Waals surface area contributed by atoms with Crippen molar-refractivity contribution in [3.05, 3.63) is 22.4 Å². The summed E-state index contributed by atoms with van der Waals surface area (Å²) in [7, 11) is 0. The first kappa shape index (κ1) is 15.5. The molecule has 2 aromatic rings. The van der Waals surface area contributed by atoms with E-state index in [0.29, 0.717) is 12.6 Å². The van der Waals surface area contributed by atoms with Crippen molar-refractivity contribution in [3.63, 3.8) is 0 Å². The van der Waals surface area contributed by atoms with Crippen LogP contribution in [0.2, 0.25) is 0 Å². The van der Waals surface area contributed by atoms with Crippen LogP contribution in [0.4, 0.5) is 11.9 Å². The highest BCUT2D eigenvalue weighted by Gasteiger charge is 2.14. The van der Waals surface area contributed by atoms with Crippen LogP contribution < -0.4 is 15.8 Å². The molecule has 0 amide bonds. The molecule has 6 nitrogen and oxygen atoms in total. The summed E-state index contributed by atoms with van der Waals surface area (Å²) in [4.78, 5) is 13.7. The number of nitrogens with zero attached hydrogens (tertiary/aromatic N) is 3. The van der Waals surface area contributed by atoms with Crippen molar-refractivity contribution in [2.24, 2.45) is 0 Å². The Morgan fingerprint density at radius 1 is 1.29 bits per heavy atom. The number of rotatable bonds is 8. The van der Waals surface area contributed by atoms with Gasteiger partial charge in [-0.2, -0.15) is 15.0 Å². The molecule has 0 aromatic carbocycles. The minimum atomic E-state index is 0.167. The van der Waals surface area contributed by atoms with Gasteiger partial charge in [-0.1, -0.05) is 26.3 Å². The summed E-state index contributed by atoms with van der Waals surface area (Å²) in [6.45, 7) is 4.74. The van der Waals surface area contributed by atoms with E-state index in [2.05, 4.69) is 38.6 Å². The molecule has 0 radical (unpaired) electrons. The van der Waals surface area contributed by atoms with Crippen molar-refractivity contribution in [2.45, 2.75) is 39.2 Å². The second kappa shape index (κ2) is 7.78. The summed E-state index contributed by atoms with van der Waals surface area (Å²) in [6.07, 6.45) is 2.95. The van der Waals surface area contributed by atoms with Gasteiger partial charge in [-0.25, -0.2) is 0 Å². The van der Waals surface area contributed by atoms with E-state index in [9.17, 15) is 0 Å². The normalized spacial score (nSPS) is 12.1. The Labute approximate surface area is 128 Å². The quantitative estimate of drug-likeness (QED) is 0.778. The van der Waals surface area contributed by atoms with Crippen molar-refractivity contribution in [1.82, 2.24) is 15.0 Å². The molecule has 0 saturated carbocycles. The van der Waals surface area contributed by atoms with Crippen LogP contribution in [0.15, 0.2) is 17.5 Å². The van der Waals surface area contributed by atoms with Gasteiger partial charge >= 0.3 is 6.01 Å². The zero-order chi connectivity index (χ0) is 15.1. The third-order valence-electron chi connectivity index (χ3n) is 2.83. The molecule has 0 aliphatic rings. The van der Waals surface area contributed by atoms with Gasteiger partial charge in [0, 0.05) is 4.88 Å². The predicted octanol–water partition coefficient (Wildman–Crippen LogP) is 3.26. The lowest BCUT2D eigenvalue weighted by Gasteiger charge is -2.17. The first-order valence-corrected chi connectivity index (χ1v) is 8.05. The van der Waals surface area contributed by atoms with Crippen LogP contribution in [0.1, 0.15) is 44.0 Å². The number of ether oxygens (including phenoxy) is 1. The van der Waals surface area contributed by atoms with E-state index in [4.69, 9.17) is 10.5 Å². The molecule has 114 valence electrons. The van der Waals surface area contributed by atoms with Crippen LogP contribution in [0.5, 0.6) is 6.01 Å². The van der Waals surface area contributed by atoms with Gasteiger partial charge < -0.3 is 15.8 Å². The molecule has 0 bridgehead atoms. The third-order valence-corrected chi connectivity index (χ3v) is 3.82. The summed E-state index contributed by atoms with van der Waals surface area (Å²) < 4.78 is 5.43. The molecular formula is C14H21N5OS. The molecular weight excluding hydrogens is 286 g/mol. The first-order valence-electron chi connectivity index (χ1n) is 7.17. The molecule has 2 rings (SSSR count). The van der Waals surface area contributed by atoms with Crippen LogP contribution in [-0.2, 0) is 0 Å². The highest BCUT2D eigenvalue weighted by molar-refractivity contribution is 7.10. The molecule has 7 heteroatoms. The molecule has 1 unspecified atom stereocenters. The van der Waals surface area contributed by atoms with Crippen molar-refractivity contribution >= 4 is 23.2 Å². The molecule has 21 heavy (non-hydrogen) atoms. The van der Waals surface area contributed by atoms with Crippen LogP contribution in [-0.4, -0.2) is 21.6 Å². The Balaban J connectivity index is 2.14. The summed E-state index contributed by atoms with van der Waals surface area (Å²) in [6, 6.07) is 4.60. The number of nitrogens with one attached hydrogen (secondary N) is 1. The minimum Gasteiger partial charge on any atom is -0.463 e. The monoisotopic (exact) mass is 307 g/mol. The van der Waals surface area contributed by atoms with E-state index in [0.717, 1.165) is 19.3 Å². The lowest BCUT2D eigenvalue weighted by Crippen LogP contribution is -2.14. The topological polar surface area (TPSA) is 86.0 Å². The Morgan fingerprint density at radius 3 is 2.81 bits per heavy atom. The third kappa shape index (κ3) is 4.56. The Hall–Kier alpha value is -1.89. The van der Waals surface area contributed by atoms with Gasteiger partial charge in [0.1, 0.15) is 0 Å². The average molecular weight is 307 g/mol. The summed E-state index contributed by atoms with van der Waals surface area (Å²) in [5.74, 6) is 0.625. The smallest absolute Gasteiger partial charge is 0.323 e. The van der Waals surface area contributed by atoms with Crippen LogP contribution in [0.3, 0.4) is 0 Å². The van der Waals surface area contributed by atoms with Crippen molar-refractivity contribution in [1.29, 1.82) is 0 Å². The van der Waals surface area contributed by atoms with E-state index >= 15 is 0 Å². The van der Waals surface area contributed by atoms with E-state index < -0.39 is 0 Å². The SMILES string of the molecule is CCCOc1nc(N)nc(NC(CCC)c2cccs2)n1. The fourth-order valence-corrected chi connectivity index (χ4v) is 2.73. The van der Waals surface area contributed by atoms with E-state index in [1.165, 1.54) is 4.88 Å². The summed E-state index contributed by atoms with van der Waals surface area (Å²) in [5, 5.41) is 5.39. The van der Waals surface area contributed by atoms with Gasteiger partial charge in [-0.3, -0.25) is 0 Å². The Bertz CT molecular complexity index is 546. The number of aromatic nitrogens is 3. The van der Waals surface area contributed by atoms with E-state index in [1.54, 1.807) is 11.3 Å². The van der Waals surface area contributed by atoms with E-state index in [1.807, 2.05) is 13.0 Å². The van der Waals surface area contributed by atoms with Gasteiger partial charge in [0.25, 0.3) is 0 Å². The second-order valence-corrected chi connectivity index (χ2v) is 5.63. The molecule has 3 N–H and O–H groups in total. The molecule has 1 atom stereocenters. The number of thiophene rings is 1. The zero-order valence-corrected chi connectivity index (χ0v) is 13.2. The molecule has 0 spiro atoms. The lowest BCUT2D eigenvalue weighted by molar-refractivity contribution is 0.292. The standard InChI is InChI=1S/C14H21N5OS/c1-3-6-10(11-7-5-9-21-11)16-13-17-12(15)18-14(19-13)20-8-4-2/h5,7,9-10H,3-4,6,8H2,1-2H3,(H3,15,16,17,18,19). The minimum absolute atomic E-state index is 0.167. The molecule has 0 aliphatic carbocycles. The predicted molar refractivity (Wildman–Crippen MR) is 85.6 cm³/mol. The summed E-state index contributed by atoms with van der Waals surface area (Å²) >= 11 is 1.72. The van der Waals surface area contributed by atoms with Gasteiger partial charge in [-0.05, 0) is 24.3 Å². The number of anilines is 2. The first-order chi connectivity index (χ1) is 10.2. The van der Waals surface area contributed by atoms with Crippen molar-refractivity contribution < 1.29 is 4.74 Å². The van der Waals surface area contributed by atoms with Crippen LogP contribution in [0, 0.1) is 0 Å². The van der Waals surface area contributed by atoms with Crippen molar-refractivity contribution in [2.75, 3.05) is 17.7 Å². The highest BCUT2D eigenvalue weighted by atomic mass is 32.1. The fourth-order valence-electron chi connectivity index (χ4n) is 1.91. The largest absolute Gasteiger partial charge is 0.463 e. The van der Waals surface area contributed by atoms with Crippen molar-refractivity contribution in [3.8, 4) is 6.01 Å². The maximum atomic E-state index is 5.72. The molecule has 2 heterocycles. The van der Waals surface area contributed by atoms with Gasteiger partial charge in [-0.15, -0.1) is 11.3 Å². The highest BCUT2D eigenvalue weighted by Crippen LogP contribution is 2.26. The maximum Gasteiger partial charge on any atom is 0.323 e. The zero-order valence-electron chi connectivity index (χ0n) is 12.4. The number of hydrogen-bond donors (Lipinski definition) is 2.